The summed E-state index contributed by atoms with van der Waals surface area (Å²) in [6.07, 6.45) is 4.93. The fourth-order valence-electron chi connectivity index (χ4n) is 3.05. The minimum Gasteiger partial charge on any atom is -0.437 e. The molecule has 0 fully saturated rings. The number of fused-ring (bicyclic) bond motifs is 1. The van der Waals surface area contributed by atoms with Gasteiger partial charge < -0.3 is 15.0 Å². The number of rotatable bonds is 3. The van der Waals surface area contributed by atoms with E-state index >= 15 is 0 Å². The van der Waals surface area contributed by atoms with E-state index in [4.69, 9.17) is 10.5 Å². The first-order valence-corrected chi connectivity index (χ1v) is 8.44. The molecule has 8 nitrogen and oxygen atoms in total. The van der Waals surface area contributed by atoms with E-state index in [-0.39, 0.29) is 11.4 Å². The molecule has 0 bridgehead atoms. The van der Waals surface area contributed by atoms with E-state index in [1.807, 2.05) is 0 Å². The van der Waals surface area contributed by atoms with Crippen molar-refractivity contribution in [2.24, 2.45) is 14.1 Å². The Bertz CT molecular complexity index is 1310. The number of aryl methyl sites for hydroxylation is 2. The van der Waals surface area contributed by atoms with Crippen LogP contribution in [0, 0.1) is 11.3 Å². The molecule has 0 atom stereocenters. The van der Waals surface area contributed by atoms with Gasteiger partial charge >= 0.3 is 0 Å². The second-order valence-corrected chi connectivity index (χ2v) is 6.35. The summed E-state index contributed by atoms with van der Waals surface area (Å²) in [7, 11) is 3.44. The number of hydrogen-bond acceptors (Lipinski definition) is 6. The van der Waals surface area contributed by atoms with Crippen molar-refractivity contribution in [2.75, 3.05) is 5.73 Å². The summed E-state index contributed by atoms with van der Waals surface area (Å²) in [6.45, 7) is 0. The second-order valence-electron chi connectivity index (χ2n) is 6.35. The highest BCUT2D eigenvalue weighted by atomic mass is 16.5. The molecule has 0 spiro atoms. The van der Waals surface area contributed by atoms with Gasteiger partial charge in [-0.05, 0) is 30.3 Å². The largest absolute Gasteiger partial charge is 0.437 e. The van der Waals surface area contributed by atoms with Crippen LogP contribution in [-0.4, -0.2) is 19.3 Å². The maximum absolute atomic E-state index is 12.5. The van der Waals surface area contributed by atoms with Gasteiger partial charge in [0.05, 0.1) is 5.39 Å². The van der Waals surface area contributed by atoms with Gasteiger partial charge in [0.1, 0.15) is 22.9 Å². The molecule has 0 saturated heterocycles. The Morgan fingerprint density at radius 1 is 1.18 bits per heavy atom. The lowest BCUT2D eigenvalue weighted by atomic mass is 10.0. The quantitative estimate of drug-likeness (QED) is 0.553. The predicted molar refractivity (Wildman–Crippen MR) is 105 cm³/mol. The van der Waals surface area contributed by atoms with Crippen LogP contribution in [0.2, 0.25) is 0 Å². The number of nitrogens with zero attached hydrogens (tertiary/aromatic N) is 5. The van der Waals surface area contributed by atoms with E-state index < -0.39 is 0 Å². The van der Waals surface area contributed by atoms with Gasteiger partial charge in [-0.3, -0.25) is 9.48 Å². The first-order valence-electron chi connectivity index (χ1n) is 8.44. The SMILES string of the molecule is Cn1cc2c(=O)n(C)cc(-c3cc(N)ccc3Oc3ncccc3C#N)c2n1. The minimum absolute atomic E-state index is 0.144. The first kappa shape index (κ1) is 17.3. The normalized spacial score (nSPS) is 10.8. The third kappa shape index (κ3) is 2.85. The third-order valence-electron chi connectivity index (χ3n) is 4.35. The number of pyridine rings is 2. The topological polar surface area (TPSA) is 112 Å². The van der Waals surface area contributed by atoms with Gasteiger partial charge in [0, 0.05) is 49.5 Å². The van der Waals surface area contributed by atoms with E-state index in [0.29, 0.717) is 39.0 Å². The van der Waals surface area contributed by atoms with Gasteiger partial charge in [-0.15, -0.1) is 0 Å². The second kappa shape index (κ2) is 6.55. The maximum Gasteiger partial charge on any atom is 0.261 e. The highest BCUT2D eigenvalue weighted by Crippen LogP contribution is 2.37. The number of nitriles is 1. The molecule has 0 aliphatic carbocycles. The Kier molecular flexibility index (Phi) is 4.05. The summed E-state index contributed by atoms with van der Waals surface area (Å²) in [5, 5.41) is 14.2. The highest BCUT2D eigenvalue weighted by Gasteiger charge is 2.18. The van der Waals surface area contributed by atoms with Crippen molar-refractivity contribution in [3.63, 3.8) is 0 Å². The average Bonchev–Trinajstić information content (AvgIpc) is 3.08. The fraction of sp³-hybridized carbons (Fsp3) is 0.100. The van der Waals surface area contributed by atoms with Gasteiger partial charge in [0.15, 0.2) is 0 Å². The minimum atomic E-state index is -0.144. The van der Waals surface area contributed by atoms with E-state index in [2.05, 4.69) is 16.2 Å². The van der Waals surface area contributed by atoms with Gasteiger partial charge in [0.25, 0.3) is 5.56 Å². The number of nitrogens with two attached hydrogens (primary N) is 1. The first-order chi connectivity index (χ1) is 13.5. The standard InChI is InChI=1S/C20H16N6O2/c1-25-10-15(18-16(20(25)27)11-26(2)24-18)14-8-13(22)5-6-17(14)28-19-12(9-21)4-3-7-23-19/h3-8,10-11H,22H2,1-2H3. The molecular weight excluding hydrogens is 356 g/mol. The van der Waals surface area contributed by atoms with Crippen molar-refractivity contribution in [3.05, 3.63) is 64.8 Å². The zero-order chi connectivity index (χ0) is 19.8. The molecule has 3 aromatic heterocycles. The molecule has 0 aliphatic rings. The van der Waals surface area contributed by atoms with Crippen molar-refractivity contribution >= 4 is 16.6 Å². The van der Waals surface area contributed by atoms with Crippen LogP contribution in [0.3, 0.4) is 0 Å². The van der Waals surface area contributed by atoms with Gasteiger partial charge in [-0.25, -0.2) is 4.98 Å². The summed E-state index contributed by atoms with van der Waals surface area (Å²) < 4.78 is 9.04. The smallest absolute Gasteiger partial charge is 0.261 e. The number of aromatic nitrogens is 4. The molecule has 4 aromatic rings. The monoisotopic (exact) mass is 372 g/mol. The molecule has 3 heterocycles. The summed E-state index contributed by atoms with van der Waals surface area (Å²) in [6, 6.07) is 10.5. The van der Waals surface area contributed by atoms with Crippen LogP contribution in [0.5, 0.6) is 11.6 Å². The molecule has 0 radical (unpaired) electrons. The number of anilines is 1. The van der Waals surface area contributed by atoms with E-state index in [1.165, 1.54) is 4.57 Å². The van der Waals surface area contributed by atoms with Crippen molar-refractivity contribution in [1.82, 2.24) is 19.3 Å². The van der Waals surface area contributed by atoms with Crippen LogP contribution < -0.4 is 16.0 Å². The van der Waals surface area contributed by atoms with Crippen LogP contribution in [0.1, 0.15) is 5.56 Å². The Morgan fingerprint density at radius 3 is 2.79 bits per heavy atom. The van der Waals surface area contributed by atoms with Crippen LogP contribution in [0.4, 0.5) is 5.69 Å². The van der Waals surface area contributed by atoms with Crippen molar-refractivity contribution in [2.45, 2.75) is 0 Å². The average molecular weight is 372 g/mol. The zero-order valence-corrected chi connectivity index (χ0v) is 15.2. The lowest BCUT2D eigenvalue weighted by Gasteiger charge is -2.13. The van der Waals surface area contributed by atoms with Crippen LogP contribution in [0.15, 0.2) is 53.7 Å². The summed E-state index contributed by atoms with van der Waals surface area (Å²) in [5.74, 6) is 0.646. The molecule has 1 aromatic carbocycles. The predicted octanol–water partition coefficient (Wildman–Crippen LogP) is 2.58. The van der Waals surface area contributed by atoms with Crippen LogP contribution >= 0.6 is 0 Å². The number of benzene rings is 1. The Hall–Kier alpha value is -4.12. The summed E-state index contributed by atoms with van der Waals surface area (Å²) in [4.78, 5) is 16.6. The molecular formula is C20H16N6O2. The van der Waals surface area contributed by atoms with E-state index in [9.17, 15) is 10.1 Å². The third-order valence-corrected chi connectivity index (χ3v) is 4.35. The molecule has 8 heteroatoms. The fourth-order valence-corrected chi connectivity index (χ4v) is 3.05. The number of ether oxygens (including phenoxy) is 1. The molecule has 28 heavy (non-hydrogen) atoms. The van der Waals surface area contributed by atoms with Gasteiger partial charge in [-0.2, -0.15) is 10.4 Å². The summed E-state index contributed by atoms with van der Waals surface area (Å²) in [5.41, 5.74) is 8.59. The van der Waals surface area contributed by atoms with Crippen LogP contribution in [0.25, 0.3) is 22.0 Å². The molecule has 138 valence electrons. The Balaban J connectivity index is 1.96. The van der Waals surface area contributed by atoms with Crippen molar-refractivity contribution in [3.8, 4) is 28.8 Å². The summed E-state index contributed by atoms with van der Waals surface area (Å²) >= 11 is 0. The highest BCUT2D eigenvalue weighted by molar-refractivity contribution is 5.94. The van der Waals surface area contributed by atoms with Crippen LogP contribution in [-0.2, 0) is 14.1 Å². The Labute approximate surface area is 160 Å². The number of nitrogen functional groups attached to an aromatic ring is 1. The van der Waals surface area contributed by atoms with Gasteiger partial charge in [0.2, 0.25) is 5.88 Å². The van der Waals surface area contributed by atoms with Crippen molar-refractivity contribution in [1.29, 1.82) is 5.26 Å². The Morgan fingerprint density at radius 2 is 2.00 bits per heavy atom. The van der Waals surface area contributed by atoms with E-state index in [1.54, 1.807) is 67.7 Å². The maximum atomic E-state index is 12.5. The molecule has 4 rings (SSSR count). The van der Waals surface area contributed by atoms with Gasteiger partial charge in [-0.1, -0.05) is 0 Å². The van der Waals surface area contributed by atoms with E-state index in [0.717, 1.165) is 0 Å². The zero-order valence-electron chi connectivity index (χ0n) is 15.2. The van der Waals surface area contributed by atoms with Crippen molar-refractivity contribution < 1.29 is 4.74 Å². The lowest BCUT2D eigenvalue weighted by Crippen LogP contribution is -2.16. The number of hydrogen-bond donors (Lipinski definition) is 1. The molecule has 0 saturated carbocycles. The lowest BCUT2D eigenvalue weighted by molar-refractivity contribution is 0.463. The molecule has 0 aliphatic heterocycles. The molecule has 2 N–H and O–H groups in total. The molecule has 0 unspecified atom stereocenters. The molecule has 0 amide bonds.